The van der Waals surface area contributed by atoms with Crippen molar-refractivity contribution in [2.75, 3.05) is 25.7 Å². The molecule has 0 radical (unpaired) electrons. The van der Waals surface area contributed by atoms with E-state index >= 15 is 0 Å². The SMILES string of the molecule is CN1C=CN(C(=O)N(C)c2ccc(Cl)cc2)C1.I. The second kappa shape index (κ2) is 6.29. The van der Waals surface area contributed by atoms with Crippen LogP contribution in [0.2, 0.25) is 5.02 Å². The third-order valence-corrected chi connectivity index (χ3v) is 2.88. The average Bonchev–Trinajstić information content (AvgIpc) is 2.75. The Morgan fingerprint density at radius 2 is 1.89 bits per heavy atom. The molecule has 0 N–H and O–H groups in total. The van der Waals surface area contributed by atoms with Crippen LogP contribution in [0.3, 0.4) is 0 Å². The van der Waals surface area contributed by atoms with E-state index in [0.29, 0.717) is 11.7 Å². The van der Waals surface area contributed by atoms with Gasteiger partial charge in [0.05, 0.1) is 6.67 Å². The summed E-state index contributed by atoms with van der Waals surface area (Å²) >= 11 is 5.81. The van der Waals surface area contributed by atoms with Gasteiger partial charge >= 0.3 is 6.03 Å². The van der Waals surface area contributed by atoms with Crippen LogP contribution >= 0.6 is 35.6 Å². The van der Waals surface area contributed by atoms with Crippen molar-refractivity contribution in [2.24, 2.45) is 0 Å². The van der Waals surface area contributed by atoms with Crippen LogP contribution < -0.4 is 4.90 Å². The number of nitrogens with zero attached hydrogens (tertiary/aromatic N) is 3. The zero-order valence-electron chi connectivity index (χ0n) is 10.2. The first-order valence-corrected chi connectivity index (χ1v) is 5.64. The van der Waals surface area contributed by atoms with Crippen LogP contribution in [0.4, 0.5) is 10.5 Å². The van der Waals surface area contributed by atoms with E-state index in [4.69, 9.17) is 11.6 Å². The Bertz CT molecular complexity index is 449. The van der Waals surface area contributed by atoms with E-state index in [1.807, 2.05) is 30.3 Å². The molecule has 1 aromatic carbocycles. The molecule has 2 rings (SSSR count). The van der Waals surface area contributed by atoms with Gasteiger partial charge in [0.25, 0.3) is 0 Å². The van der Waals surface area contributed by atoms with Gasteiger partial charge in [0, 0.05) is 37.2 Å². The van der Waals surface area contributed by atoms with Crippen LogP contribution in [0.25, 0.3) is 0 Å². The lowest BCUT2D eigenvalue weighted by Crippen LogP contribution is -2.39. The topological polar surface area (TPSA) is 26.8 Å². The first-order valence-electron chi connectivity index (χ1n) is 5.26. The smallest absolute Gasteiger partial charge is 0.329 e. The monoisotopic (exact) mass is 379 g/mol. The molecule has 1 aliphatic rings. The Kier molecular flexibility index (Phi) is 5.28. The highest BCUT2D eigenvalue weighted by Gasteiger charge is 2.20. The molecular weight excluding hydrogens is 365 g/mol. The number of hydrogen-bond acceptors (Lipinski definition) is 2. The van der Waals surface area contributed by atoms with Gasteiger partial charge in [0.1, 0.15) is 0 Å². The summed E-state index contributed by atoms with van der Waals surface area (Å²) < 4.78 is 0. The summed E-state index contributed by atoms with van der Waals surface area (Å²) in [5.74, 6) is 0. The highest BCUT2D eigenvalue weighted by molar-refractivity contribution is 14.0. The third-order valence-electron chi connectivity index (χ3n) is 2.62. The van der Waals surface area contributed by atoms with E-state index in [0.717, 1.165) is 5.69 Å². The number of amides is 2. The van der Waals surface area contributed by atoms with Crippen molar-refractivity contribution in [1.82, 2.24) is 9.80 Å². The highest BCUT2D eigenvalue weighted by Crippen LogP contribution is 2.19. The largest absolute Gasteiger partial charge is 0.361 e. The summed E-state index contributed by atoms with van der Waals surface area (Å²) in [6.07, 6.45) is 3.64. The number of benzene rings is 1. The van der Waals surface area contributed by atoms with Crippen LogP contribution in [0.1, 0.15) is 0 Å². The van der Waals surface area contributed by atoms with Crippen molar-refractivity contribution in [3.8, 4) is 0 Å². The zero-order valence-corrected chi connectivity index (χ0v) is 13.3. The van der Waals surface area contributed by atoms with Crippen LogP contribution in [0.5, 0.6) is 0 Å². The van der Waals surface area contributed by atoms with Crippen molar-refractivity contribution in [2.45, 2.75) is 0 Å². The molecule has 98 valence electrons. The van der Waals surface area contributed by atoms with Gasteiger partial charge < -0.3 is 4.90 Å². The van der Waals surface area contributed by atoms with E-state index in [1.165, 1.54) is 0 Å². The molecule has 1 aliphatic heterocycles. The van der Waals surface area contributed by atoms with Crippen molar-refractivity contribution < 1.29 is 4.79 Å². The van der Waals surface area contributed by atoms with Crippen LogP contribution in [0.15, 0.2) is 36.7 Å². The number of carbonyl (C=O) groups excluding carboxylic acids is 1. The number of rotatable bonds is 1. The van der Waals surface area contributed by atoms with E-state index in [-0.39, 0.29) is 30.0 Å². The van der Waals surface area contributed by atoms with E-state index < -0.39 is 0 Å². The summed E-state index contributed by atoms with van der Waals surface area (Å²) in [5, 5.41) is 0.662. The summed E-state index contributed by atoms with van der Waals surface area (Å²) in [5.41, 5.74) is 0.822. The van der Waals surface area contributed by atoms with Crippen LogP contribution in [0, 0.1) is 0 Å². The molecule has 0 bridgehead atoms. The van der Waals surface area contributed by atoms with Gasteiger partial charge in [-0.1, -0.05) is 11.6 Å². The van der Waals surface area contributed by atoms with E-state index in [2.05, 4.69) is 0 Å². The Hall–Kier alpha value is -0.950. The Labute approximate surface area is 129 Å². The molecule has 6 heteroatoms. The molecule has 2 amide bonds. The average molecular weight is 380 g/mol. The van der Waals surface area contributed by atoms with E-state index in [9.17, 15) is 4.79 Å². The number of urea groups is 1. The van der Waals surface area contributed by atoms with Crippen molar-refractivity contribution in [1.29, 1.82) is 0 Å². The lowest BCUT2D eigenvalue weighted by Gasteiger charge is -2.24. The summed E-state index contributed by atoms with van der Waals surface area (Å²) in [7, 11) is 3.67. The number of hydrogen-bond donors (Lipinski definition) is 0. The fraction of sp³-hybridized carbons (Fsp3) is 0.250. The Morgan fingerprint density at radius 3 is 2.39 bits per heavy atom. The third kappa shape index (κ3) is 3.29. The van der Waals surface area contributed by atoms with Crippen molar-refractivity contribution >= 4 is 47.3 Å². The first kappa shape index (κ1) is 15.1. The fourth-order valence-corrected chi connectivity index (χ4v) is 1.75. The normalized spacial score (nSPS) is 13.5. The highest BCUT2D eigenvalue weighted by atomic mass is 127. The van der Waals surface area contributed by atoms with Gasteiger partial charge in [-0.3, -0.25) is 9.80 Å². The minimum Gasteiger partial charge on any atom is -0.361 e. The van der Waals surface area contributed by atoms with Crippen LogP contribution in [-0.4, -0.2) is 36.6 Å². The van der Waals surface area contributed by atoms with E-state index in [1.54, 1.807) is 35.2 Å². The second-order valence-corrected chi connectivity index (χ2v) is 4.42. The molecule has 0 fully saturated rings. The molecule has 4 nitrogen and oxygen atoms in total. The molecule has 0 saturated carbocycles. The molecule has 0 saturated heterocycles. The maximum atomic E-state index is 12.1. The van der Waals surface area contributed by atoms with Crippen LogP contribution in [-0.2, 0) is 0 Å². The van der Waals surface area contributed by atoms with Gasteiger partial charge in [-0.15, -0.1) is 24.0 Å². The van der Waals surface area contributed by atoms with Crippen molar-refractivity contribution in [3.05, 3.63) is 41.7 Å². The molecule has 0 aliphatic carbocycles. The number of halogens is 2. The zero-order chi connectivity index (χ0) is 12.4. The maximum absolute atomic E-state index is 12.1. The first-order chi connectivity index (χ1) is 8.08. The van der Waals surface area contributed by atoms with Gasteiger partial charge in [-0.05, 0) is 24.3 Å². The minimum absolute atomic E-state index is 0. The van der Waals surface area contributed by atoms with Gasteiger partial charge in [0.15, 0.2) is 0 Å². The molecular formula is C12H15ClIN3O. The Morgan fingerprint density at radius 1 is 1.28 bits per heavy atom. The van der Waals surface area contributed by atoms with Gasteiger partial charge in [0.2, 0.25) is 0 Å². The minimum atomic E-state index is -0.0621. The predicted octanol–water partition coefficient (Wildman–Crippen LogP) is 3.19. The molecule has 0 atom stereocenters. The lowest BCUT2D eigenvalue weighted by molar-refractivity contribution is 0.215. The molecule has 0 aromatic heterocycles. The predicted molar refractivity (Wildman–Crippen MR) is 84.3 cm³/mol. The molecule has 0 spiro atoms. The number of carbonyl (C=O) groups is 1. The summed E-state index contributed by atoms with van der Waals surface area (Å²) in [6, 6.07) is 7.13. The summed E-state index contributed by atoms with van der Waals surface area (Å²) in [4.78, 5) is 17.3. The lowest BCUT2D eigenvalue weighted by atomic mass is 10.3. The second-order valence-electron chi connectivity index (χ2n) is 3.98. The fourth-order valence-electron chi connectivity index (χ4n) is 1.62. The van der Waals surface area contributed by atoms with Gasteiger partial charge in [-0.2, -0.15) is 0 Å². The molecule has 0 unspecified atom stereocenters. The number of anilines is 1. The molecule has 18 heavy (non-hydrogen) atoms. The molecule has 1 heterocycles. The molecule has 1 aromatic rings. The summed E-state index contributed by atoms with van der Waals surface area (Å²) in [6.45, 7) is 0.580. The Balaban J connectivity index is 0.00000162. The standard InChI is InChI=1S/C12H14ClN3O.HI/c1-14-7-8-16(9-14)12(17)15(2)11-5-3-10(13)4-6-11;/h3-8H,9H2,1-2H3;1H. The quantitative estimate of drug-likeness (QED) is 0.701. The van der Waals surface area contributed by atoms with Crippen molar-refractivity contribution in [3.63, 3.8) is 0 Å². The van der Waals surface area contributed by atoms with Gasteiger partial charge in [-0.25, -0.2) is 4.79 Å². The maximum Gasteiger partial charge on any atom is 0.329 e.